The van der Waals surface area contributed by atoms with Crippen molar-refractivity contribution in [2.45, 2.75) is 52.5 Å². The molecule has 0 radical (unpaired) electrons. The smallest absolute Gasteiger partial charge is 0.251 e. The summed E-state index contributed by atoms with van der Waals surface area (Å²) in [5.74, 6) is 0.287. The van der Waals surface area contributed by atoms with Crippen LogP contribution in [-0.2, 0) is 6.54 Å². The van der Waals surface area contributed by atoms with Gasteiger partial charge in [0.25, 0.3) is 5.91 Å². The van der Waals surface area contributed by atoms with Gasteiger partial charge in [-0.3, -0.25) is 4.79 Å². The first-order valence-corrected chi connectivity index (χ1v) is 9.03. The zero-order valence-corrected chi connectivity index (χ0v) is 15.0. The number of hydrogen-bond acceptors (Lipinski definition) is 2. The molecule has 2 aromatic rings. The molecule has 0 unspecified atom stereocenters. The Morgan fingerprint density at radius 2 is 1.80 bits per heavy atom. The summed E-state index contributed by atoms with van der Waals surface area (Å²) in [5.41, 5.74) is 10.8. The fraction of sp³-hybridized carbons (Fsp3) is 0.429. The molecule has 0 aliphatic heterocycles. The minimum atomic E-state index is -0.387. The highest BCUT2D eigenvalue weighted by molar-refractivity contribution is 6.02. The molecule has 1 aromatic heterocycles. The molecule has 4 heteroatoms. The van der Waals surface area contributed by atoms with Crippen LogP contribution in [0.1, 0.15) is 59.4 Å². The summed E-state index contributed by atoms with van der Waals surface area (Å²) in [7, 11) is 0. The molecule has 25 heavy (non-hydrogen) atoms. The summed E-state index contributed by atoms with van der Waals surface area (Å²) in [6, 6.07) is 9.50. The maximum atomic E-state index is 12.2. The van der Waals surface area contributed by atoms with Crippen LogP contribution in [0.25, 0.3) is 11.1 Å². The highest BCUT2D eigenvalue weighted by Gasteiger charge is 2.24. The number of carbonyl (C=O) groups excluding carboxylic acids is 1. The summed E-state index contributed by atoms with van der Waals surface area (Å²) in [5, 5.41) is 9.00. The van der Waals surface area contributed by atoms with Crippen molar-refractivity contribution >= 4 is 5.91 Å². The molecular weight excluding hydrogens is 310 g/mol. The van der Waals surface area contributed by atoms with Gasteiger partial charge in [0.15, 0.2) is 0 Å². The number of nitriles is 1. The third kappa shape index (κ3) is 3.32. The lowest BCUT2D eigenvalue weighted by Crippen LogP contribution is -2.17. The zero-order chi connectivity index (χ0) is 18.0. The van der Waals surface area contributed by atoms with Gasteiger partial charge in [-0.25, -0.2) is 0 Å². The summed E-state index contributed by atoms with van der Waals surface area (Å²) < 4.78 is 2.27. The molecule has 1 fully saturated rings. The first kappa shape index (κ1) is 17.3. The monoisotopic (exact) mass is 335 g/mol. The molecule has 0 bridgehead atoms. The van der Waals surface area contributed by atoms with E-state index in [1.807, 2.05) is 19.1 Å². The average Bonchev–Trinajstić information content (AvgIpc) is 2.87. The van der Waals surface area contributed by atoms with Crippen LogP contribution < -0.4 is 5.73 Å². The van der Waals surface area contributed by atoms with E-state index < -0.39 is 0 Å². The van der Waals surface area contributed by atoms with Crippen LogP contribution in [0.15, 0.2) is 24.3 Å². The number of nitrogens with zero attached hydrogens (tertiary/aromatic N) is 2. The number of aromatic nitrogens is 1. The molecule has 2 N–H and O–H groups in total. The van der Waals surface area contributed by atoms with Crippen LogP contribution in [0, 0.1) is 31.1 Å². The third-order valence-electron chi connectivity index (χ3n) is 5.50. The Hall–Kier alpha value is -2.54. The molecule has 0 spiro atoms. The Labute approximate surface area is 149 Å². The number of benzene rings is 1. The minimum absolute atomic E-state index is 0.387. The largest absolute Gasteiger partial charge is 0.366 e. The normalized spacial score (nSPS) is 15.1. The van der Waals surface area contributed by atoms with Crippen LogP contribution in [-0.4, -0.2) is 10.5 Å². The molecular formula is C21H25N3O. The van der Waals surface area contributed by atoms with Crippen molar-refractivity contribution in [1.29, 1.82) is 5.26 Å². The number of primary amides is 1. The molecule has 1 aliphatic rings. The molecule has 0 saturated heterocycles. The lowest BCUT2D eigenvalue weighted by molar-refractivity contribution is 0.1000. The van der Waals surface area contributed by atoms with Crippen molar-refractivity contribution in [1.82, 2.24) is 4.57 Å². The van der Waals surface area contributed by atoms with Gasteiger partial charge in [0.2, 0.25) is 0 Å². The lowest BCUT2D eigenvalue weighted by Gasteiger charge is -2.23. The maximum Gasteiger partial charge on any atom is 0.251 e. The Morgan fingerprint density at radius 1 is 1.16 bits per heavy atom. The van der Waals surface area contributed by atoms with Crippen molar-refractivity contribution in [2.75, 3.05) is 0 Å². The second-order valence-electron chi connectivity index (χ2n) is 7.09. The van der Waals surface area contributed by atoms with Gasteiger partial charge < -0.3 is 10.3 Å². The Bertz CT molecular complexity index is 818. The highest BCUT2D eigenvalue weighted by atomic mass is 16.1. The number of nitrogens with two attached hydrogens (primary N) is 1. The topological polar surface area (TPSA) is 71.8 Å². The first-order valence-electron chi connectivity index (χ1n) is 9.03. The van der Waals surface area contributed by atoms with Gasteiger partial charge in [-0.1, -0.05) is 31.4 Å². The van der Waals surface area contributed by atoms with Gasteiger partial charge in [-0.15, -0.1) is 0 Å². The van der Waals surface area contributed by atoms with E-state index in [1.54, 1.807) is 12.1 Å². The first-order chi connectivity index (χ1) is 12.0. The molecule has 1 amide bonds. The van der Waals surface area contributed by atoms with Crippen LogP contribution in [0.4, 0.5) is 0 Å². The van der Waals surface area contributed by atoms with E-state index in [0.717, 1.165) is 29.1 Å². The summed E-state index contributed by atoms with van der Waals surface area (Å²) in [6.45, 7) is 5.01. The van der Waals surface area contributed by atoms with Gasteiger partial charge in [-0.05, 0) is 50.3 Å². The van der Waals surface area contributed by atoms with Crippen LogP contribution >= 0.6 is 0 Å². The second kappa shape index (κ2) is 7.14. The van der Waals surface area contributed by atoms with Crippen molar-refractivity contribution in [3.63, 3.8) is 0 Å². The molecule has 1 aromatic carbocycles. The SMILES string of the molecule is Cc1c(C(N)=O)c(-c2ccc(C#N)cc2)c(C)n1CC1CCCCC1. The molecule has 130 valence electrons. The molecule has 3 rings (SSSR count). The van der Waals surface area contributed by atoms with Crippen molar-refractivity contribution in [2.24, 2.45) is 11.7 Å². The van der Waals surface area contributed by atoms with E-state index in [0.29, 0.717) is 17.0 Å². The van der Waals surface area contributed by atoms with E-state index in [-0.39, 0.29) is 5.91 Å². The van der Waals surface area contributed by atoms with E-state index in [1.165, 1.54) is 32.1 Å². The van der Waals surface area contributed by atoms with E-state index in [2.05, 4.69) is 17.6 Å². The number of hydrogen-bond donors (Lipinski definition) is 1. The van der Waals surface area contributed by atoms with Crippen molar-refractivity contribution in [3.8, 4) is 17.2 Å². The molecule has 1 aliphatic carbocycles. The summed E-state index contributed by atoms with van der Waals surface area (Å²) in [6.07, 6.45) is 6.46. The fourth-order valence-electron chi connectivity index (χ4n) is 4.15. The molecule has 0 atom stereocenters. The Kier molecular flexibility index (Phi) is 4.94. The van der Waals surface area contributed by atoms with Crippen molar-refractivity contribution in [3.05, 3.63) is 46.8 Å². The average molecular weight is 335 g/mol. The molecule has 1 saturated carbocycles. The van der Waals surface area contributed by atoms with Crippen LogP contribution in [0.3, 0.4) is 0 Å². The second-order valence-corrected chi connectivity index (χ2v) is 7.09. The quantitative estimate of drug-likeness (QED) is 0.903. The highest BCUT2D eigenvalue weighted by Crippen LogP contribution is 2.34. The van der Waals surface area contributed by atoms with Crippen LogP contribution in [0.5, 0.6) is 0 Å². The third-order valence-corrected chi connectivity index (χ3v) is 5.50. The predicted octanol–water partition coefficient (Wildman–Crippen LogP) is 4.32. The number of carbonyl (C=O) groups is 1. The van der Waals surface area contributed by atoms with E-state index >= 15 is 0 Å². The van der Waals surface area contributed by atoms with Crippen molar-refractivity contribution < 1.29 is 4.79 Å². The summed E-state index contributed by atoms with van der Waals surface area (Å²) >= 11 is 0. The Morgan fingerprint density at radius 3 is 2.36 bits per heavy atom. The minimum Gasteiger partial charge on any atom is -0.366 e. The van der Waals surface area contributed by atoms with Gasteiger partial charge in [0, 0.05) is 23.5 Å². The van der Waals surface area contributed by atoms with E-state index in [9.17, 15) is 4.79 Å². The molecule has 4 nitrogen and oxygen atoms in total. The van der Waals surface area contributed by atoms with Crippen LogP contribution in [0.2, 0.25) is 0 Å². The standard InChI is InChI=1S/C21H25N3O/c1-14-19(18-10-8-16(12-22)9-11-18)20(21(23)25)15(2)24(14)13-17-6-4-3-5-7-17/h8-11,17H,3-7,13H2,1-2H3,(H2,23,25). The Balaban J connectivity index is 2.05. The number of rotatable bonds is 4. The maximum absolute atomic E-state index is 12.2. The van der Waals surface area contributed by atoms with Gasteiger partial charge in [0.05, 0.1) is 17.2 Å². The van der Waals surface area contributed by atoms with E-state index in [4.69, 9.17) is 11.0 Å². The number of amides is 1. The zero-order valence-electron chi connectivity index (χ0n) is 15.0. The molecule has 1 heterocycles. The lowest BCUT2D eigenvalue weighted by atomic mass is 9.89. The van der Waals surface area contributed by atoms with Gasteiger partial charge in [0.1, 0.15) is 0 Å². The summed E-state index contributed by atoms with van der Waals surface area (Å²) in [4.78, 5) is 12.2. The van der Waals surface area contributed by atoms with Gasteiger partial charge >= 0.3 is 0 Å². The van der Waals surface area contributed by atoms with Gasteiger partial charge in [-0.2, -0.15) is 5.26 Å². The fourth-order valence-corrected chi connectivity index (χ4v) is 4.15. The predicted molar refractivity (Wildman–Crippen MR) is 99.1 cm³/mol.